The molecule has 3 aromatic rings. The Kier molecular flexibility index (Phi) is 8.60. The maximum Gasteiger partial charge on any atom is 0.491 e. The molecule has 0 unspecified atom stereocenters. The maximum atomic E-state index is 13.9. The van der Waals surface area contributed by atoms with Crippen molar-refractivity contribution in [2.45, 2.75) is 31.7 Å². The van der Waals surface area contributed by atoms with Crippen molar-refractivity contribution in [3.8, 4) is 11.5 Å². The van der Waals surface area contributed by atoms with Crippen molar-refractivity contribution in [2.75, 3.05) is 32.2 Å². The number of fused-ring (bicyclic) bond motifs is 2. The number of nitrogens with zero attached hydrogens (tertiary/aromatic N) is 1. The highest BCUT2D eigenvalue weighted by Crippen LogP contribution is 2.38. The highest BCUT2D eigenvalue weighted by molar-refractivity contribution is 6.05. The van der Waals surface area contributed by atoms with Gasteiger partial charge >= 0.3 is 18.1 Å². The lowest BCUT2D eigenvalue weighted by Gasteiger charge is -2.27. The molecule has 0 fully saturated rings. The molecule has 1 aliphatic heterocycles. The number of rotatable bonds is 8. The maximum absolute atomic E-state index is 13.9. The van der Waals surface area contributed by atoms with Gasteiger partial charge in [0, 0.05) is 18.2 Å². The van der Waals surface area contributed by atoms with Gasteiger partial charge in [0.2, 0.25) is 5.91 Å². The molecule has 0 saturated carbocycles. The minimum atomic E-state index is -5.37. The second-order valence-corrected chi connectivity index (χ2v) is 9.18. The van der Waals surface area contributed by atoms with Crippen molar-refractivity contribution in [1.29, 1.82) is 0 Å². The van der Waals surface area contributed by atoms with Crippen LogP contribution in [0.15, 0.2) is 54.6 Å². The number of benzene rings is 3. The molecule has 0 bridgehead atoms. The van der Waals surface area contributed by atoms with Crippen LogP contribution in [-0.4, -0.2) is 63.4 Å². The van der Waals surface area contributed by atoms with E-state index in [2.05, 4.69) is 15.4 Å². The van der Waals surface area contributed by atoms with Gasteiger partial charge in [0.15, 0.2) is 5.75 Å². The van der Waals surface area contributed by atoms with Crippen LogP contribution in [0.25, 0.3) is 10.8 Å². The summed E-state index contributed by atoms with van der Waals surface area (Å²) in [5.74, 6) is -4.27. The zero-order chi connectivity index (χ0) is 29.0. The zero-order valence-electron chi connectivity index (χ0n) is 22.0. The van der Waals surface area contributed by atoms with Gasteiger partial charge in [-0.25, -0.2) is 9.59 Å². The van der Waals surface area contributed by atoms with Gasteiger partial charge in [-0.2, -0.15) is 13.2 Å². The van der Waals surface area contributed by atoms with Crippen LogP contribution in [0.4, 0.5) is 18.9 Å². The van der Waals surface area contributed by atoms with Crippen LogP contribution in [0.5, 0.6) is 11.5 Å². The van der Waals surface area contributed by atoms with Gasteiger partial charge < -0.3 is 29.7 Å². The summed E-state index contributed by atoms with van der Waals surface area (Å²) in [6.45, 7) is 2.06. The van der Waals surface area contributed by atoms with Crippen LogP contribution < -0.4 is 25.0 Å². The van der Waals surface area contributed by atoms with Gasteiger partial charge in [0.1, 0.15) is 24.0 Å². The Bertz CT molecular complexity index is 1430. The number of para-hydroxylation sites is 1. The van der Waals surface area contributed by atoms with E-state index in [1.165, 1.54) is 30.2 Å². The van der Waals surface area contributed by atoms with E-state index in [0.29, 0.717) is 17.9 Å². The molecule has 3 aromatic carbocycles. The van der Waals surface area contributed by atoms with Gasteiger partial charge in [-0.1, -0.05) is 36.4 Å². The summed E-state index contributed by atoms with van der Waals surface area (Å²) in [5.41, 5.74) is 0.367. The molecule has 0 aliphatic carbocycles. The molecule has 12 heteroatoms. The van der Waals surface area contributed by atoms with E-state index in [1.807, 2.05) is 37.3 Å². The molecule has 2 N–H and O–H groups in total. The molecule has 40 heavy (non-hydrogen) atoms. The Morgan fingerprint density at radius 2 is 1.88 bits per heavy atom. The first kappa shape index (κ1) is 28.8. The van der Waals surface area contributed by atoms with E-state index in [0.717, 1.165) is 10.8 Å². The van der Waals surface area contributed by atoms with Gasteiger partial charge in [-0.3, -0.25) is 4.79 Å². The number of nitrogens with one attached hydrogen (secondary N) is 2. The molecule has 9 nitrogen and oxygen atoms in total. The lowest BCUT2D eigenvalue weighted by Crippen LogP contribution is -2.51. The summed E-state index contributed by atoms with van der Waals surface area (Å²) in [5, 5.41) is 7.93. The number of hydrogen-bond donors (Lipinski definition) is 2. The van der Waals surface area contributed by atoms with Crippen LogP contribution >= 0.6 is 0 Å². The predicted molar refractivity (Wildman–Crippen MR) is 140 cm³/mol. The summed E-state index contributed by atoms with van der Waals surface area (Å²) < 4.78 is 53.9. The third-order valence-electron chi connectivity index (χ3n) is 6.58. The number of hydrogen-bond acceptors (Lipinski definition) is 8. The lowest BCUT2D eigenvalue weighted by atomic mass is 10.0. The molecule has 0 saturated heterocycles. The zero-order valence-corrected chi connectivity index (χ0v) is 22.0. The highest BCUT2D eigenvalue weighted by atomic mass is 19.4. The average molecular weight is 560 g/mol. The predicted octanol–water partition coefficient (Wildman–Crippen LogP) is 3.59. The largest absolute Gasteiger partial charge is 0.496 e. The number of likely N-dealkylation sites (N-methyl/N-ethyl adjacent to an activating group) is 1. The molecule has 0 spiro atoms. The third kappa shape index (κ3) is 6.02. The molecule has 2 atom stereocenters. The standard InChI is InChI=1S/C28H28F3N3O6/c1-16(32-2)13-33-21-15-39-24-19(26(36)40-27(37)28(29,30)31)9-6-10-22(24)34(25(21)35)14-20-18-8-5-4-7-17(18)11-12-23(20)38-3/h4-12,16,21,32-33H,13-15H2,1-3H3/t16-,21-/m0/s1. The first-order chi connectivity index (χ1) is 19.0. The highest BCUT2D eigenvalue weighted by Gasteiger charge is 2.43. The molecular formula is C28H28F3N3O6. The number of carbonyl (C=O) groups excluding carboxylic acids is 3. The Labute approximate surface area is 228 Å². The van der Waals surface area contributed by atoms with Gasteiger partial charge in [0.05, 0.1) is 19.3 Å². The number of methoxy groups -OCH3 is 1. The summed E-state index contributed by atoms with van der Waals surface area (Å²) >= 11 is 0. The number of alkyl halides is 3. The van der Waals surface area contributed by atoms with E-state index >= 15 is 0 Å². The van der Waals surface area contributed by atoms with E-state index in [4.69, 9.17) is 9.47 Å². The molecular weight excluding hydrogens is 531 g/mol. The summed E-state index contributed by atoms with van der Waals surface area (Å²) in [4.78, 5) is 39.4. The minimum Gasteiger partial charge on any atom is -0.496 e. The van der Waals surface area contributed by atoms with Crippen LogP contribution in [-0.2, 0) is 20.9 Å². The number of esters is 2. The Morgan fingerprint density at radius 3 is 2.58 bits per heavy atom. The van der Waals surface area contributed by atoms with E-state index < -0.39 is 35.6 Å². The fourth-order valence-corrected chi connectivity index (χ4v) is 4.35. The van der Waals surface area contributed by atoms with Crippen molar-refractivity contribution in [3.05, 3.63) is 65.7 Å². The average Bonchev–Trinajstić information content (AvgIpc) is 3.07. The topological polar surface area (TPSA) is 106 Å². The van der Waals surface area contributed by atoms with Crippen molar-refractivity contribution >= 4 is 34.3 Å². The van der Waals surface area contributed by atoms with Crippen molar-refractivity contribution < 1.29 is 41.8 Å². The number of ether oxygens (including phenoxy) is 3. The molecule has 1 aliphatic rings. The fourth-order valence-electron chi connectivity index (χ4n) is 4.35. The van der Waals surface area contributed by atoms with Gasteiger partial charge in [-0.15, -0.1) is 0 Å². The third-order valence-corrected chi connectivity index (χ3v) is 6.58. The summed E-state index contributed by atoms with van der Waals surface area (Å²) in [6, 6.07) is 14.4. The first-order valence-corrected chi connectivity index (χ1v) is 12.4. The SMILES string of the molecule is CN[C@@H](C)CN[C@H]1COc2c(C(=O)OC(=O)C(F)(F)F)cccc2N(Cc2c(OC)ccc3ccccc23)C1=O. The minimum absolute atomic E-state index is 0.00367. The van der Waals surface area contributed by atoms with Crippen LogP contribution in [0.2, 0.25) is 0 Å². The van der Waals surface area contributed by atoms with E-state index in [1.54, 1.807) is 13.1 Å². The molecule has 0 radical (unpaired) electrons. The number of amides is 1. The smallest absolute Gasteiger partial charge is 0.491 e. The molecule has 0 aromatic heterocycles. The van der Waals surface area contributed by atoms with Gasteiger partial charge in [-0.05, 0) is 42.9 Å². The fraction of sp³-hybridized carbons (Fsp3) is 0.321. The van der Waals surface area contributed by atoms with Crippen molar-refractivity contribution in [1.82, 2.24) is 10.6 Å². The molecule has 1 amide bonds. The van der Waals surface area contributed by atoms with Crippen LogP contribution in [0.3, 0.4) is 0 Å². The van der Waals surface area contributed by atoms with E-state index in [-0.39, 0.29) is 30.6 Å². The molecule has 4 rings (SSSR count). The van der Waals surface area contributed by atoms with Crippen molar-refractivity contribution in [2.24, 2.45) is 0 Å². The number of halogens is 3. The monoisotopic (exact) mass is 559 g/mol. The van der Waals surface area contributed by atoms with Crippen LogP contribution in [0, 0.1) is 0 Å². The Balaban J connectivity index is 1.80. The Hall–Kier alpha value is -4.16. The van der Waals surface area contributed by atoms with Gasteiger partial charge in [0.25, 0.3) is 0 Å². The summed E-state index contributed by atoms with van der Waals surface area (Å²) in [6.07, 6.45) is -5.37. The summed E-state index contributed by atoms with van der Waals surface area (Å²) in [7, 11) is 3.27. The molecule has 1 heterocycles. The molecule has 212 valence electrons. The normalized spacial score (nSPS) is 16.1. The first-order valence-electron chi connectivity index (χ1n) is 12.4. The second kappa shape index (κ2) is 11.9. The second-order valence-electron chi connectivity index (χ2n) is 9.18. The van der Waals surface area contributed by atoms with Crippen LogP contribution in [0.1, 0.15) is 22.8 Å². The number of carbonyl (C=O) groups is 3. The van der Waals surface area contributed by atoms with Crippen molar-refractivity contribution in [3.63, 3.8) is 0 Å². The van der Waals surface area contributed by atoms with E-state index in [9.17, 15) is 27.6 Å². The Morgan fingerprint density at radius 1 is 1.12 bits per heavy atom. The lowest BCUT2D eigenvalue weighted by molar-refractivity contribution is -0.193. The number of anilines is 1. The quantitative estimate of drug-likeness (QED) is 0.319.